The molecule has 6 N–H and O–H groups in total. The van der Waals surface area contributed by atoms with Crippen molar-refractivity contribution in [2.45, 2.75) is 0 Å². The van der Waals surface area contributed by atoms with Gasteiger partial charge < -0.3 is 19.9 Å². The minimum Gasteiger partial charge on any atom is -0.320 e. The largest absolute Gasteiger partial charge is 0.466 e. The van der Waals surface area contributed by atoms with E-state index in [9.17, 15) is 0 Å². The van der Waals surface area contributed by atoms with E-state index in [2.05, 4.69) is 5.90 Å². The Morgan fingerprint density at radius 3 is 1.12 bits per heavy atom. The number of rotatable bonds is 0. The zero-order valence-corrected chi connectivity index (χ0v) is 5.34. The van der Waals surface area contributed by atoms with Gasteiger partial charge in [-0.25, -0.2) is 10.5 Å². The van der Waals surface area contributed by atoms with E-state index in [1.165, 1.54) is 0 Å². The van der Waals surface area contributed by atoms with Gasteiger partial charge in [0.1, 0.15) is 0 Å². The zero-order valence-electron chi connectivity index (χ0n) is 3.63. The average Bonchev–Trinajstić information content (AvgIpc) is 1.36. The summed E-state index contributed by atoms with van der Waals surface area (Å²) >= 11 is 0. The predicted molar refractivity (Wildman–Crippen MR) is 27.5 cm³/mol. The second kappa shape index (κ2) is 7.32. The minimum absolute atomic E-state index is 0. The van der Waals surface area contributed by atoms with Gasteiger partial charge in [0.15, 0.2) is 0 Å². The predicted octanol–water partition coefficient (Wildman–Crippen LogP) is -1.17. The number of phosphoric acid groups is 1. The summed E-state index contributed by atoms with van der Waals surface area (Å²) in [6.07, 6.45) is 0. The van der Waals surface area contributed by atoms with Crippen molar-refractivity contribution in [3.05, 3.63) is 0 Å². The van der Waals surface area contributed by atoms with Crippen LogP contribution in [-0.4, -0.2) is 19.9 Å². The van der Waals surface area contributed by atoms with Crippen molar-refractivity contribution >= 4 is 20.2 Å². The number of hydrogen-bond donors (Lipinski definition) is 5. The molecule has 0 aliphatic rings. The van der Waals surface area contributed by atoms with Crippen LogP contribution in [0.15, 0.2) is 0 Å². The van der Waals surface area contributed by atoms with Crippen molar-refractivity contribution in [2.75, 3.05) is 0 Å². The molecule has 0 heterocycles. The summed E-state index contributed by atoms with van der Waals surface area (Å²) in [5.74, 6) is 3.50. The monoisotopic (exact) mass is 167 g/mol. The summed E-state index contributed by atoms with van der Waals surface area (Å²) in [7, 11) is -4.64. The third-order valence-corrected chi connectivity index (χ3v) is 0. The lowest BCUT2D eigenvalue weighted by molar-refractivity contribution is 0.275. The van der Waals surface area contributed by atoms with Gasteiger partial charge in [-0.3, -0.25) is 0 Å². The van der Waals surface area contributed by atoms with Crippen molar-refractivity contribution < 1.29 is 24.5 Å². The van der Waals surface area contributed by atoms with Crippen LogP contribution in [0.1, 0.15) is 0 Å². The highest BCUT2D eigenvalue weighted by Crippen LogP contribution is 2.25. The quantitative estimate of drug-likeness (QED) is 0.229. The van der Waals surface area contributed by atoms with Gasteiger partial charge in [-0.1, -0.05) is 0 Å². The molecule has 0 aromatic carbocycles. The number of nitrogens with two attached hydrogens (primary N) is 1. The van der Waals surface area contributed by atoms with Crippen LogP contribution in [0.5, 0.6) is 0 Å². The van der Waals surface area contributed by atoms with Crippen LogP contribution in [0.3, 0.4) is 0 Å². The molecule has 0 aromatic rings. The summed E-state index contributed by atoms with van der Waals surface area (Å²) in [4.78, 5) is 21.6. The molecule has 0 rings (SSSR count). The smallest absolute Gasteiger partial charge is 0.320 e. The second-order valence-electron chi connectivity index (χ2n) is 0.513. The Hall–Kier alpha value is 0.320. The van der Waals surface area contributed by atoms with Crippen LogP contribution in [0.4, 0.5) is 0 Å². The van der Waals surface area contributed by atoms with E-state index in [0.717, 1.165) is 0 Å². The maximum atomic E-state index is 8.88. The summed E-state index contributed by atoms with van der Waals surface area (Å²) in [5.41, 5.74) is 0. The normalized spacial score (nSPS) is 8.12. The number of halogens is 1. The van der Waals surface area contributed by atoms with Crippen LogP contribution < -0.4 is 5.90 Å². The first-order valence-electron chi connectivity index (χ1n) is 1.04. The van der Waals surface area contributed by atoms with Crippen molar-refractivity contribution in [2.24, 2.45) is 5.90 Å². The van der Waals surface area contributed by atoms with E-state index in [1.807, 2.05) is 0 Å². The highest BCUT2D eigenvalue weighted by molar-refractivity contribution is 7.45. The Balaban J connectivity index is -0.0000000750. The van der Waals surface area contributed by atoms with Gasteiger partial charge in [-0.2, -0.15) is 0 Å². The maximum absolute atomic E-state index is 8.88. The lowest BCUT2D eigenvalue weighted by Gasteiger charge is -1.82. The fraction of sp³-hybridized carbons (Fsp3) is 0. The molecule has 0 aromatic heterocycles. The third kappa shape index (κ3) is 1750. The van der Waals surface area contributed by atoms with E-state index < -0.39 is 7.82 Å². The molecule has 0 bridgehead atoms. The molecule has 0 aliphatic carbocycles. The third-order valence-electron chi connectivity index (χ3n) is 0. The van der Waals surface area contributed by atoms with Crippen LogP contribution in [0.2, 0.25) is 0 Å². The fourth-order valence-corrected chi connectivity index (χ4v) is 0. The highest BCUT2D eigenvalue weighted by atomic mass is 35.5. The van der Waals surface area contributed by atoms with Crippen LogP contribution in [0.25, 0.3) is 0 Å². The summed E-state index contributed by atoms with van der Waals surface area (Å²) in [6.45, 7) is 0. The SMILES string of the molecule is Cl.NO.O=P(O)(O)O. The van der Waals surface area contributed by atoms with Crippen molar-refractivity contribution in [1.29, 1.82) is 0 Å². The molecule has 0 atom stereocenters. The Morgan fingerprint density at radius 1 is 1.12 bits per heavy atom. The molecular formula is H7ClNO5P. The maximum Gasteiger partial charge on any atom is 0.466 e. The molecule has 0 spiro atoms. The molecule has 0 unspecified atom stereocenters. The highest BCUT2D eigenvalue weighted by Gasteiger charge is 2.00. The van der Waals surface area contributed by atoms with E-state index in [4.69, 9.17) is 24.5 Å². The summed E-state index contributed by atoms with van der Waals surface area (Å²) in [5, 5.41) is 6.50. The number of hydrogen-bond acceptors (Lipinski definition) is 3. The Labute approximate surface area is 51.6 Å². The molecule has 8 heavy (non-hydrogen) atoms. The van der Waals surface area contributed by atoms with E-state index in [0.29, 0.717) is 0 Å². The molecule has 8 heteroatoms. The Bertz CT molecular complexity index is 58.6. The first-order valence-corrected chi connectivity index (χ1v) is 2.61. The van der Waals surface area contributed by atoms with Crippen molar-refractivity contribution in [1.82, 2.24) is 0 Å². The van der Waals surface area contributed by atoms with E-state index in [1.54, 1.807) is 0 Å². The second-order valence-corrected chi connectivity index (χ2v) is 1.54. The molecule has 6 nitrogen and oxygen atoms in total. The van der Waals surface area contributed by atoms with Gasteiger partial charge >= 0.3 is 7.82 Å². The molecule has 0 saturated heterocycles. The summed E-state index contributed by atoms with van der Waals surface area (Å²) in [6, 6.07) is 0. The Morgan fingerprint density at radius 2 is 1.12 bits per heavy atom. The lowest BCUT2D eigenvalue weighted by atomic mass is 13.6. The van der Waals surface area contributed by atoms with Gasteiger partial charge in [-0.05, 0) is 0 Å². The summed E-state index contributed by atoms with van der Waals surface area (Å²) < 4.78 is 8.88. The molecule has 0 fully saturated rings. The van der Waals surface area contributed by atoms with Crippen LogP contribution in [0, 0.1) is 0 Å². The van der Waals surface area contributed by atoms with Gasteiger partial charge in [0.25, 0.3) is 0 Å². The zero-order chi connectivity index (χ0) is 6.50. The average molecular weight is 167 g/mol. The first-order chi connectivity index (χ1) is 3.00. The topological polar surface area (TPSA) is 124 Å². The molecule has 0 aliphatic heterocycles. The molecule has 0 radical (unpaired) electrons. The van der Waals surface area contributed by atoms with E-state index >= 15 is 0 Å². The molecule has 54 valence electrons. The molecule has 0 saturated carbocycles. The lowest BCUT2D eigenvalue weighted by Crippen LogP contribution is -1.72. The standard InChI is InChI=1S/ClH.H3NO.H3O4P/c;1-2;1-5(2,3)4/h1H;2H,1H2;(H3,1,2,3,4). The Kier molecular flexibility index (Phi) is 14.4. The first kappa shape index (κ1) is 15.8. The van der Waals surface area contributed by atoms with Gasteiger partial charge in [0.2, 0.25) is 0 Å². The fourth-order valence-electron chi connectivity index (χ4n) is 0. The van der Waals surface area contributed by atoms with Crippen LogP contribution in [-0.2, 0) is 4.57 Å². The van der Waals surface area contributed by atoms with E-state index in [-0.39, 0.29) is 12.4 Å². The van der Waals surface area contributed by atoms with Gasteiger partial charge in [0.05, 0.1) is 0 Å². The van der Waals surface area contributed by atoms with Crippen molar-refractivity contribution in [3.8, 4) is 0 Å². The molecule has 0 amide bonds. The van der Waals surface area contributed by atoms with Gasteiger partial charge in [0, 0.05) is 0 Å². The minimum atomic E-state index is -4.64. The van der Waals surface area contributed by atoms with Crippen molar-refractivity contribution in [3.63, 3.8) is 0 Å². The molecular weight excluding hydrogens is 160 g/mol. The van der Waals surface area contributed by atoms with Gasteiger partial charge in [-0.15, -0.1) is 12.4 Å². The van der Waals surface area contributed by atoms with Crippen LogP contribution >= 0.6 is 20.2 Å².